The summed E-state index contributed by atoms with van der Waals surface area (Å²) >= 11 is 0. The van der Waals surface area contributed by atoms with Crippen molar-refractivity contribution in [1.29, 1.82) is 5.26 Å². The molecule has 3 heterocycles. The number of rotatable bonds is 18. The summed E-state index contributed by atoms with van der Waals surface area (Å²) in [5.74, 6) is -0.382. The number of benzene rings is 3. The molecule has 58 heavy (non-hydrogen) atoms. The molecule has 2 saturated heterocycles. The first-order valence-electron chi connectivity index (χ1n) is 19.3. The Labute approximate surface area is 340 Å². The molecule has 4 aromatic rings. The average molecular weight is 817 g/mol. The lowest BCUT2D eigenvalue weighted by atomic mass is 9.79. The van der Waals surface area contributed by atoms with Gasteiger partial charge in [-0.3, -0.25) is 14.3 Å². The molecule has 14 nitrogen and oxygen atoms in total. The summed E-state index contributed by atoms with van der Waals surface area (Å²) in [6.45, 7) is 9.98. The molecule has 0 saturated carbocycles. The van der Waals surface area contributed by atoms with Crippen LogP contribution in [0.4, 0.5) is 0 Å². The van der Waals surface area contributed by atoms with E-state index in [4.69, 9.17) is 37.5 Å². The largest absolute Gasteiger partial charge is 0.497 e. The van der Waals surface area contributed by atoms with Gasteiger partial charge in [-0.25, -0.2) is 9.46 Å². The topological polar surface area (TPSA) is 156 Å². The van der Waals surface area contributed by atoms with E-state index in [9.17, 15) is 14.9 Å². The van der Waals surface area contributed by atoms with Crippen LogP contribution >= 0.6 is 8.53 Å². The third kappa shape index (κ3) is 7.86. The summed E-state index contributed by atoms with van der Waals surface area (Å²) in [6.07, 6.45) is -0.370. The number of H-pyrrole nitrogens is 1. The maximum absolute atomic E-state index is 13.7. The van der Waals surface area contributed by atoms with Gasteiger partial charge >= 0.3 is 5.69 Å². The summed E-state index contributed by atoms with van der Waals surface area (Å²) in [5, 5.41) is 9.48. The van der Waals surface area contributed by atoms with Crippen molar-refractivity contribution < 1.29 is 37.5 Å². The van der Waals surface area contributed by atoms with E-state index in [1.807, 2.05) is 107 Å². The van der Waals surface area contributed by atoms with E-state index in [1.165, 1.54) is 17.9 Å². The predicted octanol–water partition coefficient (Wildman–Crippen LogP) is 6.56. The number of nitrogens with zero attached hydrogens (tertiary/aromatic N) is 3. The van der Waals surface area contributed by atoms with Crippen LogP contribution in [0.25, 0.3) is 0 Å². The van der Waals surface area contributed by atoms with Crippen LogP contribution < -0.4 is 20.7 Å². The molecule has 2 aliphatic rings. The molecule has 0 amide bonds. The van der Waals surface area contributed by atoms with Crippen LogP contribution in [0.3, 0.4) is 0 Å². The number of fused-ring (bicyclic) bond motifs is 1. The smallest absolute Gasteiger partial charge is 0.330 e. The van der Waals surface area contributed by atoms with Gasteiger partial charge in [-0.05, 0) is 75.6 Å². The number of methoxy groups -OCH3 is 3. The van der Waals surface area contributed by atoms with Gasteiger partial charge in [0.25, 0.3) is 14.1 Å². The van der Waals surface area contributed by atoms with Gasteiger partial charge in [-0.1, -0.05) is 54.6 Å². The average Bonchev–Trinajstić information content (AvgIpc) is 3.72. The molecular formula is C43H53N4O10P. The van der Waals surface area contributed by atoms with E-state index in [1.54, 1.807) is 21.1 Å². The molecule has 0 aliphatic carbocycles. The zero-order valence-electron chi connectivity index (χ0n) is 34.3. The molecule has 0 spiro atoms. The zero-order chi connectivity index (χ0) is 41.7. The molecule has 2 aliphatic heterocycles. The van der Waals surface area contributed by atoms with Crippen molar-refractivity contribution >= 4 is 8.53 Å². The second-order valence-electron chi connectivity index (χ2n) is 14.8. The van der Waals surface area contributed by atoms with Crippen LogP contribution in [0.2, 0.25) is 0 Å². The first-order valence-corrected chi connectivity index (χ1v) is 20.5. The molecule has 2 fully saturated rings. The highest BCUT2D eigenvalue weighted by Gasteiger charge is 2.75. The van der Waals surface area contributed by atoms with Crippen LogP contribution in [-0.2, 0) is 33.6 Å². The van der Waals surface area contributed by atoms with Crippen molar-refractivity contribution in [3.63, 3.8) is 0 Å². The van der Waals surface area contributed by atoms with Crippen LogP contribution in [-0.4, -0.2) is 84.9 Å². The number of nitriles is 1. The minimum absolute atomic E-state index is 0.0305. The van der Waals surface area contributed by atoms with E-state index in [0.717, 1.165) is 16.7 Å². The number of hydrogen-bond donors (Lipinski definition) is 1. The van der Waals surface area contributed by atoms with Crippen LogP contribution in [0.15, 0.2) is 94.6 Å². The maximum Gasteiger partial charge on any atom is 0.330 e. The van der Waals surface area contributed by atoms with Crippen molar-refractivity contribution in [2.24, 2.45) is 0 Å². The quantitative estimate of drug-likeness (QED) is 0.0657. The third-order valence-electron chi connectivity index (χ3n) is 10.7. The Morgan fingerprint density at radius 2 is 1.52 bits per heavy atom. The Bertz CT molecular complexity index is 2080. The minimum Gasteiger partial charge on any atom is -0.497 e. The lowest BCUT2D eigenvalue weighted by Crippen LogP contribution is -2.59. The van der Waals surface area contributed by atoms with Crippen molar-refractivity contribution in [2.75, 3.05) is 41.2 Å². The first-order chi connectivity index (χ1) is 27.9. The summed E-state index contributed by atoms with van der Waals surface area (Å²) < 4.78 is 55.6. The molecule has 6 rings (SSSR count). The van der Waals surface area contributed by atoms with E-state index in [2.05, 4.69) is 15.7 Å². The van der Waals surface area contributed by atoms with Gasteiger partial charge in [0.15, 0.2) is 11.8 Å². The van der Waals surface area contributed by atoms with Crippen LogP contribution in [0.5, 0.6) is 11.5 Å². The van der Waals surface area contributed by atoms with Gasteiger partial charge in [0.2, 0.25) is 5.79 Å². The van der Waals surface area contributed by atoms with Gasteiger partial charge in [0.1, 0.15) is 23.2 Å². The predicted molar refractivity (Wildman–Crippen MR) is 218 cm³/mol. The maximum atomic E-state index is 13.7. The Balaban J connectivity index is 1.56. The number of aromatic amines is 1. The Kier molecular flexibility index (Phi) is 13.6. The van der Waals surface area contributed by atoms with Crippen molar-refractivity contribution in [3.8, 4) is 17.6 Å². The van der Waals surface area contributed by atoms with Crippen molar-refractivity contribution in [3.05, 3.63) is 128 Å². The molecule has 3 unspecified atom stereocenters. The standard InChI is InChI=1S/C43H53N4O10P/c1-29(2)47(30(3)4)58(55-25-12-24-44)57-41-23-26-53-43(41,52-8)39(46-27-31(5)38(48)45-40(46)49)56-37(41)28-54-42(32-13-10-9-11-14-32,33-15-19-35(50-6)20-16-33)34-17-21-36(51-7)22-18-34/h9-11,13-22,27,29-30,37,39H,12,23,25-26,28H2,1-8H3,(H,45,48,49)/t37?,39?,41-,43-,58?/m1/s1. The SMILES string of the molecule is COc1ccc(C(OCC2OC(n3cc(C)c(=O)[nH]c3=O)[C@@]3(OC)OCC[C@@]23OP(OCCC#N)N(C(C)C)C(C)C)(c2ccccc2)c2ccc(OC)cc2)cc1. The Hall–Kier alpha value is -4.42. The lowest BCUT2D eigenvalue weighted by Gasteiger charge is -2.45. The van der Waals surface area contributed by atoms with Crippen LogP contribution in [0, 0.1) is 18.3 Å². The van der Waals surface area contributed by atoms with Crippen molar-refractivity contribution in [1.82, 2.24) is 14.2 Å². The molecule has 310 valence electrons. The normalized spacial score (nSPS) is 22.3. The zero-order valence-corrected chi connectivity index (χ0v) is 35.2. The highest BCUT2D eigenvalue weighted by atomic mass is 31.2. The first kappa shape index (κ1) is 43.2. The molecule has 0 bridgehead atoms. The lowest BCUT2D eigenvalue weighted by molar-refractivity contribution is -0.280. The van der Waals surface area contributed by atoms with E-state index in [0.29, 0.717) is 11.5 Å². The summed E-state index contributed by atoms with van der Waals surface area (Å²) in [6, 6.07) is 27.4. The molecule has 0 radical (unpaired) electrons. The molecule has 5 atom stereocenters. The van der Waals surface area contributed by atoms with Gasteiger partial charge in [-0.2, -0.15) is 5.26 Å². The highest BCUT2D eigenvalue weighted by molar-refractivity contribution is 7.44. The van der Waals surface area contributed by atoms with Crippen LogP contribution in [0.1, 0.15) is 69.0 Å². The number of hydrogen-bond acceptors (Lipinski definition) is 12. The second-order valence-corrected chi connectivity index (χ2v) is 16.1. The number of aryl methyl sites for hydroxylation is 1. The monoisotopic (exact) mass is 816 g/mol. The Morgan fingerprint density at radius 3 is 2.05 bits per heavy atom. The molecular weight excluding hydrogens is 763 g/mol. The number of ether oxygens (including phenoxy) is 6. The number of aromatic nitrogens is 2. The molecule has 3 aromatic carbocycles. The van der Waals surface area contributed by atoms with E-state index in [-0.39, 0.29) is 50.3 Å². The summed E-state index contributed by atoms with van der Waals surface area (Å²) in [5.41, 5.74) is -1.21. The fourth-order valence-electron chi connectivity index (χ4n) is 8.05. The van der Waals surface area contributed by atoms with Gasteiger partial charge < -0.3 is 37.5 Å². The van der Waals surface area contributed by atoms with Gasteiger partial charge in [0, 0.05) is 37.4 Å². The van der Waals surface area contributed by atoms with Crippen molar-refractivity contribution in [2.45, 2.75) is 88.9 Å². The van der Waals surface area contributed by atoms with Gasteiger partial charge in [0.05, 0.1) is 46.5 Å². The summed E-state index contributed by atoms with van der Waals surface area (Å²) in [7, 11) is 2.81. The number of nitrogens with one attached hydrogen (secondary N) is 1. The second kappa shape index (κ2) is 18.2. The van der Waals surface area contributed by atoms with E-state index < -0.39 is 49.1 Å². The highest BCUT2D eigenvalue weighted by Crippen LogP contribution is 2.62. The molecule has 15 heteroatoms. The fourth-order valence-corrected chi connectivity index (χ4v) is 9.95. The molecule has 1 N–H and O–H groups in total. The van der Waals surface area contributed by atoms with Gasteiger partial charge in [-0.15, -0.1) is 0 Å². The molecule has 1 aromatic heterocycles. The summed E-state index contributed by atoms with van der Waals surface area (Å²) in [4.78, 5) is 28.7. The fraction of sp³-hybridized carbons (Fsp3) is 0.465. The Morgan fingerprint density at radius 1 is 0.931 bits per heavy atom. The third-order valence-corrected chi connectivity index (χ3v) is 12.9. The van der Waals surface area contributed by atoms with E-state index >= 15 is 0 Å². The minimum atomic E-state index is -1.91.